The van der Waals surface area contributed by atoms with Crippen LogP contribution in [-0.4, -0.2) is 60.7 Å². The molecule has 0 aliphatic carbocycles. The van der Waals surface area contributed by atoms with Crippen molar-refractivity contribution < 1.29 is 18.7 Å². The lowest BCUT2D eigenvalue weighted by molar-refractivity contribution is -0.135. The third-order valence-corrected chi connectivity index (χ3v) is 8.55. The number of hydrogen-bond donors (Lipinski definition) is 2. The number of hydrogen-bond acceptors (Lipinski definition) is 8. The fourth-order valence-corrected chi connectivity index (χ4v) is 6.12. The van der Waals surface area contributed by atoms with Crippen molar-refractivity contribution in [1.29, 1.82) is 0 Å². The van der Waals surface area contributed by atoms with Gasteiger partial charge in [0.2, 0.25) is 5.91 Å². The number of piperidine rings is 1. The first kappa shape index (κ1) is 32.4. The number of halogens is 1. The molecule has 1 fully saturated rings. The van der Waals surface area contributed by atoms with Crippen LogP contribution < -0.4 is 21.3 Å². The first-order chi connectivity index (χ1) is 23.0. The summed E-state index contributed by atoms with van der Waals surface area (Å²) in [5.74, 6) is -0.280. The van der Waals surface area contributed by atoms with Gasteiger partial charge in [0, 0.05) is 49.6 Å². The topological polar surface area (TPSA) is 150 Å². The van der Waals surface area contributed by atoms with Crippen LogP contribution in [0.25, 0.3) is 28.0 Å². The highest BCUT2D eigenvalue weighted by Gasteiger charge is 2.28. The minimum absolute atomic E-state index is 0.0374. The fraction of sp³-hybridized carbons (Fsp3) is 0.314. The van der Waals surface area contributed by atoms with Gasteiger partial charge in [-0.05, 0) is 67.3 Å². The molecule has 0 unspecified atom stereocenters. The van der Waals surface area contributed by atoms with Gasteiger partial charge in [-0.25, -0.2) is 19.0 Å². The van der Waals surface area contributed by atoms with Crippen LogP contribution in [0.5, 0.6) is 5.75 Å². The second-order valence-electron chi connectivity index (χ2n) is 12.1. The van der Waals surface area contributed by atoms with Crippen molar-refractivity contribution in [2.24, 2.45) is 13.0 Å². The van der Waals surface area contributed by atoms with Crippen LogP contribution in [0.2, 0.25) is 0 Å². The van der Waals surface area contributed by atoms with Gasteiger partial charge in [-0.2, -0.15) is 5.10 Å². The standard InChI is InChI=1S/C35H37FN8O4/c1-5-48-27-14-17-44(28-11-8-23(36)19-38-28)35(47)30(27)33(45)39-24-9-6-21(7-10-24)25-18-26(40-32-29(25)31(37)41-42(32)4)22-12-15-43(16-13-22)34(46)20(2)3/h6-11,14,17-20,22H,5,12-13,15-16H2,1-4H3,(H2,37,41)(H,39,45). The molecule has 48 heavy (non-hydrogen) atoms. The van der Waals surface area contributed by atoms with Gasteiger partial charge in [-0.1, -0.05) is 26.0 Å². The smallest absolute Gasteiger partial charge is 0.272 e. The zero-order valence-electron chi connectivity index (χ0n) is 27.2. The highest BCUT2D eigenvalue weighted by atomic mass is 19.1. The Morgan fingerprint density at radius 2 is 1.83 bits per heavy atom. The number of amides is 2. The lowest BCUT2D eigenvalue weighted by Gasteiger charge is -2.33. The van der Waals surface area contributed by atoms with Gasteiger partial charge in [-0.3, -0.25) is 19.0 Å². The number of likely N-dealkylation sites (tertiary alicyclic amines) is 1. The third-order valence-electron chi connectivity index (χ3n) is 8.55. The number of pyridine rings is 3. The largest absolute Gasteiger partial charge is 0.493 e. The third kappa shape index (κ3) is 6.23. The molecule has 6 rings (SSSR count). The maximum Gasteiger partial charge on any atom is 0.272 e. The molecule has 0 bridgehead atoms. The first-order valence-electron chi connectivity index (χ1n) is 15.9. The molecule has 13 heteroatoms. The van der Waals surface area contributed by atoms with E-state index in [1.165, 1.54) is 24.4 Å². The summed E-state index contributed by atoms with van der Waals surface area (Å²) in [5, 5.41) is 7.96. The SMILES string of the molecule is CCOc1ccn(-c2ccc(F)cn2)c(=O)c1C(=O)Nc1ccc(-c2cc(C3CCN(C(=O)C(C)C)CC3)nc3c2c(N)nn3C)cc1. The second kappa shape index (κ2) is 13.3. The maximum atomic E-state index is 13.5. The van der Waals surface area contributed by atoms with Gasteiger partial charge in [0.05, 0.1) is 18.2 Å². The zero-order valence-corrected chi connectivity index (χ0v) is 27.2. The number of carbonyl (C=O) groups excluding carboxylic acids is 2. The molecular weight excluding hydrogens is 615 g/mol. The molecule has 5 aromatic rings. The van der Waals surface area contributed by atoms with E-state index >= 15 is 0 Å². The molecule has 3 N–H and O–H groups in total. The van der Waals surface area contributed by atoms with E-state index in [4.69, 9.17) is 15.5 Å². The Hall–Kier alpha value is -5.59. The zero-order chi connectivity index (χ0) is 34.1. The Balaban J connectivity index is 1.29. The van der Waals surface area contributed by atoms with Crippen molar-refractivity contribution in [2.75, 3.05) is 30.7 Å². The van der Waals surface area contributed by atoms with E-state index in [0.29, 0.717) is 30.2 Å². The van der Waals surface area contributed by atoms with Crippen LogP contribution in [0.4, 0.5) is 15.9 Å². The number of nitrogens with two attached hydrogens (primary N) is 1. The van der Waals surface area contributed by atoms with Crippen molar-refractivity contribution in [3.63, 3.8) is 0 Å². The molecule has 4 aromatic heterocycles. The van der Waals surface area contributed by atoms with Gasteiger partial charge in [0.15, 0.2) is 11.5 Å². The molecule has 1 saturated heterocycles. The number of nitrogen functional groups attached to an aromatic ring is 1. The average molecular weight is 653 g/mol. The number of fused-ring (bicyclic) bond motifs is 1. The Kier molecular flexibility index (Phi) is 8.94. The summed E-state index contributed by atoms with van der Waals surface area (Å²) >= 11 is 0. The molecule has 0 radical (unpaired) electrons. The Morgan fingerprint density at radius 3 is 2.48 bits per heavy atom. The summed E-state index contributed by atoms with van der Waals surface area (Å²) in [6.07, 6.45) is 4.03. The minimum atomic E-state index is -0.667. The van der Waals surface area contributed by atoms with Gasteiger partial charge in [0.1, 0.15) is 22.9 Å². The van der Waals surface area contributed by atoms with E-state index in [2.05, 4.69) is 15.4 Å². The molecule has 0 atom stereocenters. The Labute approximate surface area is 276 Å². The van der Waals surface area contributed by atoms with E-state index < -0.39 is 17.3 Å². The van der Waals surface area contributed by atoms with Crippen molar-refractivity contribution >= 4 is 34.4 Å². The molecule has 5 heterocycles. The van der Waals surface area contributed by atoms with E-state index in [9.17, 15) is 18.8 Å². The van der Waals surface area contributed by atoms with Crippen LogP contribution in [-0.2, 0) is 11.8 Å². The molecular formula is C35H37FN8O4. The summed E-state index contributed by atoms with van der Waals surface area (Å²) in [6.45, 7) is 7.18. The quantitative estimate of drug-likeness (QED) is 0.240. The molecule has 0 spiro atoms. The van der Waals surface area contributed by atoms with Crippen LogP contribution in [0.1, 0.15) is 55.6 Å². The summed E-state index contributed by atoms with van der Waals surface area (Å²) in [7, 11) is 1.81. The van der Waals surface area contributed by atoms with E-state index in [0.717, 1.165) is 45.8 Å². The maximum absolute atomic E-state index is 13.5. The number of nitrogens with zero attached hydrogens (tertiary/aromatic N) is 6. The lowest BCUT2D eigenvalue weighted by Crippen LogP contribution is -2.40. The number of anilines is 2. The normalized spacial score (nSPS) is 13.7. The van der Waals surface area contributed by atoms with Crippen LogP contribution in [0.15, 0.2) is 65.7 Å². The first-order valence-corrected chi connectivity index (χ1v) is 15.9. The average Bonchev–Trinajstić information content (AvgIpc) is 3.37. The number of aromatic nitrogens is 5. The van der Waals surface area contributed by atoms with Crippen molar-refractivity contribution in [1.82, 2.24) is 29.2 Å². The van der Waals surface area contributed by atoms with E-state index in [1.807, 2.05) is 44.0 Å². The molecule has 2 amide bonds. The molecule has 1 aliphatic heterocycles. The van der Waals surface area contributed by atoms with E-state index in [-0.39, 0.29) is 41.5 Å². The van der Waals surface area contributed by atoms with Crippen LogP contribution >= 0.6 is 0 Å². The highest BCUT2D eigenvalue weighted by Crippen LogP contribution is 2.37. The summed E-state index contributed by atoms with van der Waals surface area (Å²) in [4.78, 5) is 50.4. The van der Waals surface area contributed by atoms with E-state index in [1.54, 1.807) is 23.7 Å². The summed E-state index contributed by atoms with van der Waals surface area (Å²) in [5.41, 5.74) is 9.21. The second-order valence-corrected chi connectivity index (χ2v) is 12.1. The predicted molar refractivity (Wildman–Crippen MR) is 181 cm³/mol. The lowest BCUT2D eigenvalue weighted by atomic mass is 9.90. The van der Waals surface area contributed by atoms with Gasteiger partial charge < -0.3 is 20.7 Å². The van der Waals surface area contributed by atoms with Crippen molar-refractivity contribution in [3.8, 4) is 22.7 Å². The number of benzene rings is 1. The molecule has 248 valence electrons. The summed E-state index contributed by atoms with van der Waals surface area (Å²) in [6, 6.07) is 13.3. The Morgan fingerprint density at radius 1 is 1.10 bits per heavy atom. The molecule has 12 nitrogen and oxygen atoms in total. The Bertz CT molecular complexity index is 2050. The number of ether oxygens (including phenoxy) is 1. The number of rotatable bonds is 8. The van der Waals surface area contributed by atoms with Crippen LogP contribution in [0.3, 0.4) is 0 Å². The van der Waals surface area contributed by atoms with Crippen molar-refractivity contribution in [3.05, 3.63) is 88.4 Å². The molecule has 1 aromatic carbocycles. The fourth-order valence-electron chi connectivity index (χ4n) is 6.12. The van der Waals surface area contributed by atoms with Gasteiger partial charge in [0.25, 0.3) is 11.5 Å². The number of carbonyl (C=O) groups is 2. The summed E-state index contributed by atoms with van der Waals surface area (Å²) < 4.78 is 21.9. The number of nitrogens with one attached hydrogen (secondary N) is 1. The molecule has 1 aliphatic rings. The van der Waals surface area contributed by atoms with Crippen LogP contribution in [0, 0.1) is 11.7 Å². The molecule has 0 saturated carbocycles. The minimum Gasteiger partial charge on any atom is -0.493 e. The number of aryl methyl sites for hydroxylation is 1. The monoisotopic (exact) mass is 652 g/mol. The van der Waals surface area contributed by atoms with Crippen molar-refractivity contribution in [2.45, 2.75) is 39.5 Å². The van der Waals surface area contributed by atoms with Gasteiger partial charge in [-0.15, -0.1) is 0 Å². The highest BCUT2D eigenvalue weighted by molar-refractivity contribution is 6.06. The predicted octanol–water partition coefficient (Wildman–Crippen LogP) is 4.92. The van der Waals surface area contributed by atoms with Gasteiger partial charge >= 0.3 is 0 Å².